The minimum absolute atomic E-state index is 0.0601. The van der Waals surface area contributed by atoms with E-state index in [1.165, 1.54) is 0 Å². The van der Waals surface area contributed by atoms with Crippen LogP contribution in [-0.2, 0) is 11.2 Å². The quantitative estimate of drug-likeness (QED) is 0.457. The second-order valence-corrected chi connectivity index (χ2v) is 6.92. The molecule has 0 aliphatic heterocycles. The Hall–Kier alpha value is -3.39. The van der Waals surface area contributed by atoms with Crippen LogP contribution in [0.25, 0.3) is 11.1 Å². The lowest BCUT2D eigenvalue weighted by atomic mass is 10.2. The lowest BCUT2D eigenvalue weighted by molar-refractivity contribution is -0.117. The lowest BCUT2D eigenvalue weighted by Gasteiger charge is -2.06. The Bertz CT molecular complexity index is 1140. The first-order valence-corrected chi connectivity index (χ1v) is 9.19. The van der Waals surface area contributed by atoms with Crippen LogP contribution in [0.2, 0.25) is 0 Å². The molecular weight excluding hydrogens is 424 g/mol. The van der Waals surface area contributed by atoms with Crippen LogP contribution >= 0.6 is 15.9 Å². The average Bonchev–Trinajstić information content (AvgIpc) is 3.05. The van der Waals surface area contributed by atoms with Crippen molar-refractivity contribution in [3.8, 4) is 11.5 Å². The Morgan fingerprint density at radius 3 is 2.68 bits per heavy atom. The average molecular weight is 439 g/mol. The molecule has 2 aromatic carbocycles. The van der Waals surface area contributed by atoms with E-state index in [1.54, 1.807) is 36.5 Å². The molecule has 0 aliphatic carbocycles. The molecule has 140 valence electrons. The molecule has 4 aromatic rings. The molecule has 0 unspecified atom stereocenters. The molecule has 0 aliphatic rings. The van der Waals surface area contributed by atoms with Crippen LogP contribution in [0.1, 0.15) is 5.69 Å². The van der Waals surface area contributed by atoms with Gasteiger partial charge in [0, 0.05) is 28.5 Å². The summed E-state index contributed by atoms with van der Waals surface area (Å²) in [4.78, 5) is 19.6. The number of aromatic nitrogens is 2. The van der Waals surface area contributed by atoms with Crippen LogP contribution in [0.15, 0.2) is 69.7 Å². The van der Waals surface area contributed by atoms with E-state index in [2.05, 4.69) is 31.2 Å². The number of nitrogens with two attached hydrogens (primary N) is 1. The molecule has 2 aromatic heterocycles. The van der Waals surface area contributed by atoms with Gasteiger partial charge in [0.15, 0.2) is 5.58 Å². The SMILES string of the molecule is NC(=O)Cc1cc(Oc2ccc3oc(Nc4ccc(Br)cc4)nc3c2)ccn1. The van der Waals surface area contributed by atoms with Gasteiger partial charge in [0.25, 0.3) is 6.01 Å². The third-order valence-corrected chi connectivity index (χ3v) is 4.36. The number of fused-ring (bicyclic) bond motifs is 1. The minimum Gasteiger partial charge on any atom is -0.457 e. The number of nitrogens with zero attached hydrogens (tertiary/aromatic N) is 2. The number of amides is 1. The molecule has 2 heterocycles. The molecular formula is C20H15BrN4O3. The number of rotatable bonds is 6. The fourth-order valence-corrected chi connectivity index (χ4v) is 2.88. The summed E-state index contributed by atoms with van der Waals surface area (Å²) in [5.74, 6) is 0.703. The van der Waals surface area contributed by atoms with Gasteiger partial charge in [-0.15, -0.1) is 0 Å². The monoisotopic (exact) mass is 438 g/mol. The highest BCUT2D eigenvalue weighted by Crippen LogP contribution is 2.28. The maximum absolute atomic E-state index is 11.0. The van der Waals surface area contributed by atoms with E-state index in [4.69, 9.17) is 14.9 Å². The molecule has 28 heavy (non-hydrogen) atoms. The minimum atomic E-state index is -0.445. The Balaban J connectivity index is 1.53. The number of ether oxygens (including phenoxy) is 1. The van der Waals surface area contributed by atoms with Gasteiger partial charge in [-0.1, -0.05) is 15.9 Å². The molecule has 4 rings (SSSR count). The highest BCUT2D eigenvalue weighted by Gasteiger charge is 2.09. The lowest BCUT2D eigenvalue weighted by Crippen LogP contribution is -2.14. The van der Waals surface area contributed by atoms with Crippen LogP contribution in [0.5, 0.6) is 11.5 Å². The highest BCUT2D eigenvalue weighted by molar-refractivity contribution is 9.10. The van der Waals surface area contributed by atoms with Crippen LogP contribution in [0.3, 0.4) is 0 Å². The topological polar surface area (TPSA) is 103 Å². The zero-order valence-electron chi connectivity index (χ0n) is 14.6. The predicted octanol–water partition coefficient (Wildman–Crippen LogP) is 4.55. The van der Waals surface area contributed by atoms with Gasteiger partial charge >= 0.3 is 0 Å². The van der Waals surface area contributed by atoms with E-state index in [0.717, 1.165) is 10.2 Å². The van der Waals surface area contributed by atoms with Crippen molar-refractivity contribution < 1.29 is 13.9 Å². The van der Waals surface area contributed by atoms with Crippen molar-refractivity contribution in [3.63, 3.8) is 0 Å². The van der Waals surface area contributed by atoms with Gasteiger partial charge in [-0.3, -0.25) is 9.78 Å². The number of nitrogens with one attached hydrogen (secondary N) is 1. The van der Waals surface area contributed by atoms with Crippen molar-refractivity contribution >= 4 is 44.6 Å². The first-order valence-electron chi connectivity index (χ1n) is 8.39. The number of hydrogen-bond donors (Lipinski definition) is 2. The zero-order chi connectivity index (χ0) is 19.5. The largest absolute Gasteiger partial charge is 0.457 e. The predicted molar refractivity (Wildman–Crippen MR) is 109 cm³/mol. The molecule has 0 radical (unpaired) electrons. The Kier molecular flexibility index (Phi) is 4.94. The molecule has 8 heteroatoms. The summed E-state index contributed by atoms with van der Waals surface area (Å²) in [6.07, 6.45) is 1.63. The van der Waals surface area contributed by atoms with Crippen LogP contribution < -0.4 is 15.8 Å². The number of carbonyl (C=O) groups is 1. The molecule has 0 spiro atoms. The second-order valence-electron chi connectivity index (χ2n) is 6.01. The van der Waals surface area contributed by atoms with Crippen LogP contribution in [0.4, 0.5) is 11.7 Å². The molecule has 0 atom stereocenters. The first kappa shape index (κ1) is 18.0. The van der Waals surface area contributed by atoms with E-state index >= 15 is 0 Å². The van der Waals surface area contributed by atoms with Crippen LogP contribution in [-0.4, -0.2) is 15.9 Å². The van der Waals surface area contributed by atoms with Gasteiger partial charge in [-0.2, -0.15) is 4.98 Å². The smallest absolute Gasteiger partial charge is 0.300 e. The van der Waals surface area contributed by atoms with Crippen molar-refractivity contribution in [1.29, 1.82) is 0 Å². The summed E-state index contributed by atoms with van der Waals surface area (Å²) in [5.41, 5.74) is 7.91. The van der Waals surface area contributed by atoms with Gasteiger partial charge in [-0.25, -0.2) is 0 Å². The number of primary amides is 1. The number of hydrogen-bond acceptors (Lipinski definition) is 6. The van der Waals surface area contributed by atoms with Gasteiger partial charge in [0.05, 0.1) is 12.1 Å². The van der Waals surface area contributed by atoms with E-state index in [1.807, 2.05) is 24.3 Å². The standard InChI is InChI=1S/C20H15BrN4O3/c21-12-1-3-13(4-2-12)24-20-25-17-11-15(5-6-18(17)28-20)27-16-7-8-23-14(9-16)10-19(22)26/h1-9,11H,10H2,(H2,22,26)(H,24,25). The number of benzene rings is 2. The first-order chi connectivity index (χ1) is 13.5. The molecule has 0 fully saturated rings. The van der Waals surface area contributed by atoms with Crippen molar-refractivity contribution in [1.82, 2.24) is 9.97 Å². The van der Waals surface area contributed by atoms with Crippen molar-refractivity contribution in [2.75, 3.05) is 5.32 Å². The van der Waals surface area contributed by atoms with E-state index in [0.29, 0.717) is 34.3 Å². The molecule has 1 amide bonds. The maximum atomic E-state index is 11.0. The second kappa shape index (κ2) is 7.69. The van der Waals surface area contributed by atoms with Gasteiger partial charge in [-0.05, 0) is 42.5 Å². The van der Waals surface area contributed by atoms with Crippen LogP contribution in [0, 0.1) is 0 Å². The van der Waals surface area contributed by atoms with E-state index < -0.39 is 5.91 Å². The molecule has 0 saturated carbocycles. The summed E-state index contributed by atoms with van der Waals surface area (Å²) in [5, 5.41) is 3.12. The Morgan fingerprint density at radius 1 is 1.11 bits per heavy atom. The molecule has 3 N–H and O–H groups in total. The Labute approximate surface area is 168 Å². The Morgan fingerprint density at radius 2 is 1.89 bits per heavy atom. The number of carbonyl (C=O) groups excluding carboxylic acids is 1. The summed E-state index contributed by atoms with van der Waals surface area (Å²) < 4.78 is 12.6. The van der Waals surface area contributed by atoms with Gasteiger partial charge < -0.3 is 20.2 Å². The number of halogens is 1. The fourth-order valence-electron chi connectivity index (χ4n) is 2.61. The molecule has 0 bridgehead atoms. The van der Waals surface area contributed by atoms with Crippen molar-refractivity contribution in [3.05, 3.63) is 71.0 Å². The normalized spacial score (nSPS) is 10.8. The maximum Gasteiger partial charge on any atom is 0.300 e. The number of anilines is 2. The van der Waals surface area contributed by atoms with E-state index in [-0.39, 0.29) is 6.42 Å². The van der Waals surface area contributed by atoms with Gasteiger partial charge in [0.1, 0.15) is 17.0 Å². The summed E-state index contributed by atoms with van der Waals surface area (Å²) in [6, 6.07) is 16.8. The molecule has 0 saturated heterocycles. The summed E-state index contributed by atoms with van der Waals surface area (Å²) >= 11 is 3.40. The summed E-state index contributed by atoms with van der Waals surface area (Å²) in [6.45, 7) is 0. The van der Waals surface area contributed by atoms with Crippen molar-refractivity contribution in [2.24, 2.45) is 5.73 Å². The highest BCUT2D eigenvalue weighted by atomic mass is 79.9. The zero-order valence-corrected chi connectivity index (χ0v) is 16.1. The molecule has 7 nitrogen and oxygen atoms in total. The fraction of sp³-hybridized carbons (Fsp3) is 0.0500. The summed E-state index contributed by atoms with van der Waals surface area (Å²) in [7, 11) is 0. The number of pyridine rings is 1. The third-order valence-electron chi connectivity index (χ3n) is 3.83. The van der Waals surface area contributed by atoms with Gasteiger partial charge in [0.2, 0.25) is 5.91 Å². The number of oxazole rings is 1. The third kappa shape index (κ3) is 4.29. The van der Waals surface area contributed by atoms with Crippen molar-refractivity contribution in [2.45, 2.75) is 6.42 Å². The van der Waals surface area contributed by atoms with E-state index in [9.17, 15) is 4.79 Å².